The van der Waals surface area contributed by atoms with Gasteiger partial charge in [-0.1, -0.05) is 6.07 Å². The van der Waals surface area contributed by atoms with Crippen molar-refractivity contribution in [3.8, 4) is 5.75 Å². The largest absolute Gasteiger partial charge is 0.508 e. The van der Waals surface area contributed by atoms with Crippen LogP contribution in [-0.4, -0.2) is 11.0 Å². The van der Waals surface area contributed by atoms with Crippen LogP contribution in [0.2, 0.25) is 0 Å². The molecule has 2 aromatic carbocycles. The highest BCUT2D eigenvalue weighted by Gasteiger charge is 2.05. The average Bonchev–Trinajstić information content (AvgIpc) is 2.42. The molecule has 0 saturated carbocycles. The molecule has 0 unspecified atom stereocenters. The van der Waals surface area contributed by atoms with Crippen LogP contribution in [0.4, 0.5) is 15.8 Å². The Kier molecular flexibility index (Phi) is 4.42. The van der Waals surface area contributed by atoms with Crippen LogP contribution in [0.5, 0.6) is 5.75 Å². The van der Waals surface area contributed by atoms with Crippen molar-refractivity contribution in [3.63, 3.8) is 0 Å². The van der Waals surface area contributed by atoms with E-state index >= 15 is 0 Å². The van der Waals surface area contributed by atoms with Crippen molar-refractivity contribution in [1.29, 1.82) is 0 Å². The van der Waals surface area contributed by atoms with E-state index in [4.69, 9.17) is 0 Å². The lowest BCUT2D eigenvalue weighted by atomic mass is 10.1. The van der Waals surface area contributed by atoms with Crippen LogP contribution < -0.4 is 10.6 Å². The Morgan fingerprint density at radius 1 is 1.24 bits per heavy atom. The number of carbonyl (C=O) groups is 1. The number of aromatic hydroxyl groups is 1. The van der Waals surface area contributed by atoms with E-state index in [0.29, 0.717) is 5.56 Å². The minimum absolute atomic E-state index is 0.0399. The predicted molar refractivity (Wildman–Crippen MR) is 80.9 cm³/mol. The van der Waals surface area contributed by atoms with Crippen molar-refractivity contribution in [2.24, 2.45) is 0 Å². The number of nitrogens with one attached hydrogen (secondary N) is 2. The monoisotopic (exact) mass is 288 g/mol. The van der Waals surface area contributed by atoms with Crippen LogP contribution in [0.1, 0.15) is 18.1 Å². The summed E-state index contributed by atoms with van der Waals surface area (Å²) in [6.07, 6.45) is 0. The van der Waals surface area contributed by atoms with E-state index in [1.54, 1.807) is 6.07 Å². The summed E-state index contributed by atoms with van der Waals surface area (Å²) in [6.45, 7) is 3.63. The lowest BCUT2D eigenvalue weighted by Gasteiger charge is -2.12. The lowest BCUT2D eigenvalue weighted by Crippen LogP contribution is -2.08. The van der Waals surface area contributed by atoms with Gasteiger partial charge in [0.15, 0.2) is 0 Å². The number of phenolic OH excluding ortho intramolecular Hbond substituents is 1. The summed E-state index contributed by atoms with van der Waals surface area (Å²) < 4.78 is 13.1. The Morgan fingerprint density at radius 3 is 2.71 bits per heavy atom. The number of anilines is 2. The standard InChI is InChI=1S/C16H17FN2O2/c1-10-3-5-14(8-15(10)19-11(2)20)18-9-12-7-13(17)4-6-16(12)21/h3-8,18,21H,9H2,1-2H3,(H,19,20). The van der Waals surface area contributed by atoms with Gasteiger partial charge in [0, 0.05) is 30.4 Å². The van der Waals surface area contributed by atoms with Crippen LogP contribution in [-0.2, 0) is 11.3 Å². The first-order valence-electron chi connectivity index (χ1n) is 6.55. The quantitative estimate of drug-likeness (QED) is 0.808. The molecule has 0 aliphatic rings. The molecular formula is C16H17FN2O2. The van der Waals surface area contributed by atoms with Crippen LogP contribution >= 0.6 is 0 Å². The van der Waals surface area contributed by atoms with Crippen LogP contribution in [0, 0.1) is 12.7 Å². The molecule has 0 radical (unpaired) electrons. The Morgan fingerprint density at radius 2 is 2.00 bits per heavy atom. The predicted octanol–water partition coefficient (Wildman–Crippen LogP) is 3.41. The topological polar surface area (TPSA) is 61.4 Å². The van der Waals surface area contributed by atoms with Crippen molar-refractivity contribution in [3.05, 3.63) is 53.3 Å². The van der Waals surface area contributed by atoms with Gasteiger partial charge in [-0.3, -0.25) is 4.79 Å². The molecule has 110 valence electrons. The zero-order valence-corrected chi connectivity index (χ0v) is 11.9. The average molecular weight is 288 g/mol. The minimum Gasteiger partial charge on any atom is -0.508 e. The van der Waals surface area contributed by atoms with Crippen molar-refractivity contribution >= 4 is 17.3 Å². The third-order valence-electron chi connectivity index (χ3n) is 3.07. The van der Waals surface area contributed by atoms with Crippen molar-refractivity contribution in [2.75, 3.05) is 10.6 Å². The van der Waals surface area contributed by atoms with E-state index in [-0.39, 0.29) is 18.2 Å². The highest BCUT2D eigenvalue weighted by atomic mass is 19.1. The highest BCUT2D eigenvalue weighted by molar-refractivity contribution is 5.90. The summed E-state index contributed by atoms with van der Waals surface area (Å²) in [4.78, 5) is 11.1. The molecule has 2 aromatic rings. The Labute approximate surface area is 122 Å². The van der Waals surface area contributed by atoms with Gasteiger partial charge in [-0.05, 0) is 42.8 Å². The molecule has 3 N–H and O–H groups in total. The smallest absolute Gasteiger partial charge is 0.221 e. The summed E-state index contributed by atoms with van der Waals surface area (Å²) in [5.74, 6) is -0.497. The molecule has 0 bridgehead atoms. The Hall–Kier alpha value is -2.56. The number of aryl methyl sites for hydroxylation is 1. The van der Waals surface area contributed by atoms with Crippen molar-refractivity contribution < 1.29 is 14.3 Å². The zero-order chi connectivity index (χ0) is 15.4. The van der Waals surface area contributed by atoms with Gasteiger partial charge in [0.2, 0.25) is 5.91 Å². The first kappa shape index (κ1) is 14.8. The van der Waals surface area contributed by atoms with Crippen LogP contribution in [0.25, 0.3) is 0 Å². The molecule has 1 amide bonds. The number of hydrogen-bond acceptors (Lipinski definition) is 3. The Balaban J connectivity index is 2.13. The maximum absolute atomic E-state index is 13.1. The molecule has 0 aliphatic heterocycles. The Bertz CT molecular complexity index is 671. The molecule has 4 nitrogen and oxygen atoms in total. The van der Waals surface area contributed by atoms with Gasteiger partial charge >= 0.3 is 0 Å². The number of carbonyl (C=O) groups excluding carboxylic acids is 1. The van der Waals surface area contributed by atoms with E-state index < -0.39 is 5.82 Å². The molecule has 0 heterocycles. The summed E-state index contributed by atoms with van der Waals surface area (Å²) in [6, 6.07) is 9.35. The molecule has 21 heavy (non-hydrogen) atoms. The van der Waals surface area contributed by atoms with Crippen molar-refractivity contribution in [2.45, 2.75) is 20.4 Å². The molecule has 0 atom stereocenters. The SMILES string of the molecule is CC(=O)Nc1cc(NCc2cc(F)ccc2O)ccc1C. The van der Waals surface area contributed by atoms with E-state index in [1.165, 1.54) is 25.1 Å². The van der Waals surface area contributed by atoms with E-state index in [0.717, 1.165) is 16.9 Å². The van der Waals surface area contributed by atoms with Gasteiger partial charge < -0.3 is 15.7 Å². The summed E-state index contributed by atoms with van der Waals surface area (Å²) in [7, 11) is 0. The lowest BCUT2D eigenvalue weighted by molar-refractivity contribution is -0.114. The number of amides is 1. The van der Waals surface area contributed by atoms with Gasteiger partial charge in [-0.15, -0.1) is 0 Å². The fourth-order valence-electron chi connectivity index (χ4n) is 1.95. The third-order valence-corrected chi connectivity index (χ3v) is 3.07. The molecule has 0 saturated heterocycles. The van der Waals surface area contributed by atoms with Crippen LogP contribution in [0.3, 0.4) is 0 Å². The number of hydrogen-bond donors (Lipinski definition) is 3. The molecule has 0 fully saturated rings. The maximum atomic E-state index is 13.1. The van der Waals surface area contributed by atoms with Gasteiger partial charge in [-0.2, -0.15) is 0 Å². The van der Waals surface area contributed by atoms with Gasteiger partial charge in [0.25, 0.3) is 0 Å². The minimum atomic E-state index is -0.396. The summed E-state index contributed by atoms with van der Waals surface area (Å²) in [5, 5.41) is 15.5. The second kappa shape index (κ2) is 6.26. The second-order valence-corrected chi connectivity index (χ2v) is 4.84. The van der Waals surface area contributed by atoms with Crippen LogP contribution in [0.15, 0.2) is 36.4 Å². The van der Waals surface area contributed by atoms with Gasteiger partial charge in [0.05, 0.1) is 0 Å². The van der Waals surface area contributed by atoms with E-state index in [1.807, 2.05) is 19.1 Å². The zero-order valence-electron chi connectivity index (χ0n) is 11.9. The third kappa shape index (κ3) is 3.95. The first-order chi connectivity index (χ1) is 9.95. The fourth-order valence-corrected chi connectivity index (χ4v) is 1.95. The number of benzene rings is 2. The van der Waals surface area contributed by atoms with E-state index in [9.17, 15) is 14.3 Å². The summed E-state index contributed by atoms with van der Waals surface area (Å²) in [5.41, 5.74) is 2.91. The molecule has 0 aromatic heterocycles. The van der Waals surface area contributed by atoms with Gasteiger partial charge in [0.1, 0.15) is 11.6 Å². The van der Waals surface area contributed by atoms with Crippen molar-refractivity contribution in [1.82, 2.24) is 0 Å². The van der Waals surface area contributed by atoms with Gasteiger partial charge in [-0.25, -0.2) is 4.39 Å². The van der Waals surface area contributed by atoms with E-state index in [2.05, 4.69) is 10.6 Å². The first-order valence-corrected chi connectivity index (χ1v) is 6.55. The normalized spacial score (nSPS) is 10.2. The molecular weight excluding hydrogens is 271 g/mol. The maximum Gasteiger partial charge on any atom is 0.221 e. The second-order valence-electron chi connectivity index (χ2n) is 4.84. The highest BCUT2D eigenvalue weighted by Crippen LogP contribution is 2.23. The number of rotatable bonds is 4. The number of halogens is 1. The fraction of sp³-hybridized carbons (Fsp3) is 0.188. The number of phenols is 1. The molecule has 0 spiro atoms. The summed E-state index contributed by atoms with van der Waals surface area (Å²) >= 11 is 0. The molecule has 2 rings (SSSR count). The molecule has 0 aliphatic carbocycles. The molecule has 5 heteroatoms.